The highest BCUT2D eigenvalue weighted by Crippen LogP contribution is 2.16. The van der Waals surface area contributed by atoms with Gasteiger partial charge in [0, 0.05) is 13.1 Å². The van der Waals surface area contributed by atoms with Gasteiger partial charge in [-0.3, -0.25) is 0 Å². The molecule has 2 aromatic carbocycles. The summed E-state index contributed by atoms with van der Waals surface area (Å²) >= 11 is 0. The van der Waals surface area contributed by atoms with Crippen LogP contribution in [0.3, 0.4) is 0 Å². The number of rotatable bonds is 8. The van der Waals surface area contributed by atoms with Gasteiger partial charge in [-0.15, -0.1) is 0 Å². The molecule has 0 aliphatic heterocycles. The Bertz CT molecular complexity index is 556. The van der Waals surface area contributed by atoms with Gasteiger partial charge in [-0.05, 0) is 37.6 Å². The molecule has 0 radical (unpaired) electrons. The molecule has 0 spiro atoms. The summed E-state index contributed by atoms with van der Waals surface area (Å²) < 4.78 is 5.69. The van der Waals surface area contributed by atoms with Gasteiger partial charge in [0.15, 0.2) is 0 Å². The van der Waals surface area contributed by atoms with E-state index in [1.807, 2.05) is 44.3 Å². The Labute approximate surface area is 133 Å². The monoisotopic (exact) mass is 299 g/mol. The summed E-state index contributed by atoms with van der Waals surface area (Å²) in [5.41, 5.74) is 2.41. The molecule has 0 amide bonds. The van der Waals surface area contributed by atoms with Crippen molar-refractivity contribution >= 4 is 0 Å². The molecule has 0 saturated carbocycles. The van der Waals surface area contributed by atoms with Crippen molar-refractivity contribution in [3.05, 3.63) is 65.7 Å². The highest BCUT2D eigenvalue weighted by atomic mass is 16.5. The summed E-state index contributed by atoms with van der Waals surface area (Å²) in [5, 5.41) is 10.1. The Balaban J connectivity index is 1.70. The van der Waals surface area contributed by atoms with E-state index in [4.69, 9.17) is 4.74 Å². The minimum Gasteiger partial charge on any atom is -0.491 e. The SMILES string of the molecule is Cc1ccccc1OCC(O)CN(C)CCc1ccccc1. The fraction of sp³-hybridized carbons (Fsp3) is 0.368. The van der Waals surface area contributed by atoms with Gasteiger partial charge in [-0.25, -0.2) is 0 Å². The molecular formula is C19H25NO2. The molecular weight excluding hydrogens is 274 g/mol. The summed E-state index contributed by atoms with van der Waals surface area (Å²) in [4.78, 5) is 2.14. The van der Waals surface area contributed by atoms with Crippen molar-refractivity contribution in [2.45, 2.75) is 19.4 Å². The van der Waals surface area contributed by atoms with Crippen molar-refractivity contribution in [3.63, 3.8) is 0 Å². The lowest BCUT2D eigenvalue weighted by Crippen LogP contribution is -2.34. The van der Waals surface area contributed by atoms with E-state index in [0.29, 0.717) is 13.2 Å². The third-order valence-electron chi connectivity index (χ3n) is 3.67. The molecule has 0 bridgehead atoms. The van der Waals surface area contributed by atoms with Crippen LogP contribution in [-0.4, -0.2) is 42.9 Å². The van der Waals surface area contributed by atoms with Crippen LogP contribution in [0.1, 0.15) is 11.1 Å². The molecule has 2 rings (SSSR count). The molecule has 1 atom stereocenters. The topological polar surface area (TPSA) is 32.7 Å². The Hall–Kier alpha value is -1.84. The number of aliphatic hydroxyl groups is 1. The normalized spacial score (nSPS) is 12.4. The first-order valence-corrected chi connectivity index (χ1v) is 7.74. The second-order valence-corrected chi connectivity index (χ2v) is 5.73. The summed E-state index contributed by atoms with van der Waals surface area (Å²) in [6.07, 6.45) is 0.503. The van der Waals surface area contributed by atoms with Crippen molar-refractivity contribution in [1.29, 1.82) is 0 Å². The van der Waals surface area contributed by atoms with Crippen LogP contribution in [0.25, 0.3) is 0 Å². The number of benzene rings is 2. The van der Waals surface area contributed by atoms with Gasteiger partial charge >= 0.3 is 0 Å². The number of nitrogens with zero attached hydrogens (tertiary/aromatic N) is 1. The quantitative estimate of drug-likeness (QED) is 0.813. The van der Waals surface area contributed by atoms with Crippen molar-refractivity contribution < 1.29 is 9.84 Å². The molecule has 3 heteroatoms. The highest BCUT2D eigenvalue weighted by Gasteiger charge is 2.10. The van der Waals surface area contributed by atoms with Crippen LogP contribution in [0.15, 0.2) is 54.6 Å². The molecule has 22 heavy (non-hydrogen) atoms. The molecule has 0 aromatic heterocycles. The average Bonchev–Trinajstić information content (AvgIpc) is 2.53. The van der Waals surface area contributed by atoms with Gasteiger partial charge in [0.05, 0.1) is 0 Å². The van der Waals surface area contributed by atoms with Crippen LogP contribution >= 0.6 is 0 Å². The van der Waals surface area contributed by atoms with E-state index >= 15 is 0 Å². The lowest BCUT2D eigenvalue weighted by Gasteiger charge is -2.21. The number of para-hydroxylation sites is 1. The second kappa shape index (κ2) is 8.57. The van der Waals surface area contributed by atoms with E-state index in [-0.39, 0.29) is 0 Å². The van der Waals surface area contributed by atoms with E-state index < -0.39 is 6.10 Å². The first kappa shape index (κ1) is 16.5. The van der Waals surface area contributed by atoms with Crippen molar-refractivity contribution in [1.82, 2.24) is 4.90 Å². The fourth-order valence-corrected chi connectivity index (χ4v) is 2.37. The third kappa shape index (κ3) is 5.51. The van der Waals surface area contributed by atoms with E-state index in [2.05, 4.69) is 29.2 Å². The van der Waals surface area contributed by atoms with Crippen LogP contribution in [-0.2, 0) is 6.42 Å². The zero-order valence-electron chi connectivity index (χ0n) is 13.4. The van der Waals surface area contributed by atoms with Gasteiger partial charge in [0.1, 0.15) is 18.5 Å². The Kier molecular flexibility index (Phi) is 6.44. The standard InChI is InChI=1S/C19H25NO2/c1-16-8-6-7-11-19(16)22-15-18(21)14-20(2)13-12-17-9-4-3-5-10-17/h3-11,18,21H,12-15H2,1-2H3. The number of hydrogen-bond acceptors (Lipinski definition) is 3. The Morgan fingerprint density at radius 1 is 1.05 bits per heavy atom. The van der Waals surface area contributed by atoms with Crippen LogP contribution < -0.4 is 4.74 Å². The minimum absolute atomic E-state index is 0.320. The number of ether oxygens (including phenoxy) is 1. The summed E-state index contributed by atoms with van der Waals surface area (Å²) in [5.74, 6) is 0.841. The minimum atomic E-state index is -0.486. The lowest BCUT2D eigenvalue weighted by molar-refractivity contribution is 0.0764. The lowest BCUT2D eigenvalue weighted by atomic mass is 10.1. The Morgan fingerprint density at radius 3 is 2.45 bits per heavy atom. The van der Waals surface area contributed by atoms with Crippen molar-refractivity contribution in [2.75, 3.05) is 26.7 Å². The van der Waals surface area contributed by atoms with Crippen LogP contribution in [0.5, 0.6) is 5.75 Å². The van der Waals surface area contributed by atoms with E-state index in [9.17, 15) is 5.11 Å². The first-order valence-electron chi connectivity index (χ1n) is 7.74. The zero-order chi connectivity index (χ0) is 15.8. The average molecular weight is 299 g/mol. The van der Waals surface area contributed by atoms with E-state index in [1.165, 1.54) is 5.56 Å². The number of aliphatic hydroxyl groups excluding tert-OH is 1. The molecule has 0 aliphatic rings. The first-order chi connectivity index (χ1) is 10.6. The van der Waals surface area contributed by atoms with Gasteiger partial charge in [-0.1, -0.05) is 48.5 Å². The summed E-state index contributed by atoms with van der Waals surface area (Å²) in [6.45, 7) is 3.86. The largest absolute Gasteiger partial charge is 0.491 e. The molecule has 1 N–H and O–H groups in total. The number of likely N-dealkylation sites (N-methyl/N-ethyl adjacent to an activating group) is 1. The van der Waals surface area contributed by atoms with Crippen LogP contribution in [0, 0.1) is 6.92 Å². The third-order valence-corrected chi connectivity index (χ3v) is 3.67. The smallest absolute Gasteiger partial charge is 0.122 e. The molecule has 1 unspecified atom stereocenters. The molecule has 2 aromatic rings. The highest BCUT2D eigenvalue weighted by molar-refractivity contribution is 5.31. The second-order valence-electron chi connectivity index (χ2n) is 5.73. The Morgan fingerprint density at radius 2 is 1.73 bits per heavy atom. The fourth-order valence-electron chi connectivity index (χ4n) is 2.37. The van der Waals surface area contributed by atoms with Crippen LogP contribution in [0.2, 0.25) is 0 Å². The maximum absolute atomic E-state index is 10.1. The molecule has 0 fully saturated rings. The van der Waals surface area contributed by atoms with Gasteiger partial charge in [0.25, 0.3) is 0 Å². The molecule has 0 heterocycles. The van der Waals surface area contributed by atoms with E-state index in [1.54, 1.807) is 0 Å². The molecule has 0 aliphatic carbocycles. The maximum atomic E-state index is 10.1. The zero-order valence-corrected chi connectivity index (χ0v) is 13.4. The van der Waals surface area contributed by atoms with Gasteiger partial charge in [0.2, 0.25) is 0 Å². The molecule has 0 saturated heterocycles. The molecule has 118 valence electrons. The van der Waals surface area contributed by atoms with Crippen LogP contribution in [0.4, 0.5) is 0 Å². The summed E-state index contributed by atoms with van der Waals surface area (Å²) in [7, 11) is 2.03. The number of aryl methyl sites for hydroxylation is 1. The predicted octanol–water partition coefficient (Wildman–Crippen LogP) is 2.91. The number of hydrogen-bond donors (Lipinski definition) is 1. The maximum Gasteiger partial charge on any atom is 0.122 e. The van der Waals surface area contributed by atoms with Crippen molar-refractivity contribution in [3.8, 4) is 5.75 Å². The summed E-state index contributed by atoms with van der Waals surface area (Å²) in [6, 6.07) is 18.3. The van der Waals surface area contributed by atoms with Gasteiger partial charge in [-0.2, -0.15) is 0 Å². The van der Waals surface area contributed by atoms with Crippen molar-refractivity contribution in [2.24, 2.45) is 0 Å². The van der Waals surface area contributed by atoms with E-state index in [0.717, 1.165) is 24.3 Å². The molecule has 3 nitrogen and oxygen atoms in total. The predicted molar refractivity (Wildman–Crippen MR) is 90.3 cm³/mol. The van der Waals surface area contributed by atoms with Gasteiger partial charge < -0.3 is 14.7 Å².